The second kappa shape index (κ2) is 21.0. The van der Waals surface area contributed by atoms with Crippen LogP contribution in [0.25, 0.3) is 158 Å². The lowest BCUT2D eigenvalue weighted by Gasteiger charge is -2.35. The van der Waals surface area contributed by atoms with E-state index in [0.29, 0.717) is 58.6 Å². The van der Waals surface area contributed by atoms with E-state index in [1.807, 2.05) is 97.1 Å². The van der Waals surface area contributed by atoms with Crippen molar-refractivity contribution in [1.82, 2.24) is 85.7 Å². The largest absolute Gasteiger partial charge is 0.276 e. The van der Waals surface area contributed by atoms with E-state index in [4.69, 9.17) is 49.8 Å². The molecule has 0 aliphatic carbocycles. The first-order chi connectivity index (χ1) is 50.1. The standard InChI is InChI=1S/C82H50N18Si/c1-3-27-53(28-4-1)101(54-29-5-2-6-30-54,55-31-23-25-51(49-55)73-87-75(97-69-45-19-15-41-65(69)93-61-37-11-7-33-57(61)83-79(93)97)91-76(88-73)98-70-46-20-16-42-66(70)94-62-38-12-8-34-58(62)84-80(94)98)56-32-24-26-52(50-56)74-89-77(99-71-47-21-17-43-67(71)95-63-39-13-9-35-59(63)85-81(95)99)92-78(90-74)100-72-48-22-18-44-68(72)96-64-40-14-10-36-60(64)86-82(96)100/h1-50H. The minimum absolute atomic E-state index is 0.395. The molecule has 472 valence electrons. The lowest BCUT2D eigenvalue weighted by molar-refractivity contribution is 0.877. The van der Waals surface area contributed by atoms with Gasteiger partial charge in [0.25, 0.3) is 0 Å². The van der Waals surface area contributed by atoms with Crippen LogP contribution in [0.4, 0.5) is 0 Å². The fourth-order valence-corrected chi connectivity index (χ4v) is 20.5. The number of benzene rings is 12. The Hall–Kier alpha value is -14.0. The molecule has 0 aliphatic rings. The summed E-state index contributed by atoms with van der Waals surface area (Å²) in [6, 6.07) is 106. The van der Waals surface area contributed by atoms with Crippen LogP contribution in [-0.4, -0.2) is 93.8 Å². The fourth-order valence-electron chi connectivity index (χ4n) is 15.7. The lowest BCUT2D eigenvalue weighted by atomic mass is 10.2. The number of imidazole rings is 8. The molecule has 10 heterocycles. The van der Waals surface area contributed by atoms with E-state index in [2.05, 4.69) is 242 Å². The van der Waals surface area contributed by atoms with Crippen molar-refractivity contribution < 1.29 is 0 Å². The summed E-state index contributed by atoms with van der Waals surface area (Å²) in [5.74, 6) is 5.19. The minimum atomic E-state index is -3.48. The maximum Gasteiger partial charge on any atom is 0.242 e. The normalized spacial score (nSPS) is 12.4. The fraction of sp³-hybridized carbons (Fsp3) is 0. The second-order valence-corrected chi connectivity index (χ2v) is 29.2. The zero-order valence-corrected chi connectivity index (χ0v) is 54.4. The molecule has 18 nitrogen and oxygen atoms in total. The van der Waals surface area contributed by atoms with Gasteiger partial charge in [0.2, 0.25) is 46.9 Å². The molecule has 0 atom stereocenters. The van der Waals surface area contributed by atoms with Gasteiger partial charge in [0, 0.05) is 11.1 Å². The highest BCUT2D eigenvalue weighted by Gasteiger charge is 2.42. The summed E-state index contributed by atoms with van der Waals surface area (Å²) >= 11 is 0. The van der Waals surface area contributed by atoms with Gasteiger partial charge in [-0.3, -0.25) is 17.6 Å². The van der Waals surface area contributed by atoms with Crippen LogP contribution in [0.1, 0.15) is 0 Å². The molecule has 0 spiro atoms. The van der Waals surface area contributed by atoms with E-state index in [-0.39, 0.29) is 0 Å². The number of para-hydroxylation sites is 16. The Bertz CT molecular complexity index is 6430. The highest BCUT2D eigenvalue weighted by atomic mass is 28.3. The maximum absolute atomic E-state index is 5.61. The molecule has 0 amide bonds. The number of aromatic nitrogens is 18. The monoisotopic (exact) mass is 1310 g/mol. The Kier molecular flexibility index (Phi) is 11.5. The van der Waals surface area contributed by atoms with Crippen molar-refractivity contribution in [2.75, 3.05) is 0 Å². The first-order valence-corrected chi connectivity index (χ1v) is 35.4. The van der Waals surface area contributed by atoms with Crippen molar-refractivity contribution in [2.45, 2.75) is 0 Å². The van der Waals surface area contributed by atoms with E-state index >= 15 is 0 Å². The molecule has 0 unspecified atom stereocenters. The Labute approximate surface area is 572 Å². The van der Waals surface area contributed by atoms with E-state index in [0.717, 1.165) is 120 Å². The molecule has 22 rings (SSSR count). The molecule has 19 heteroatoms. The van der Waals surface area contributed by atoms with Crippen LogP contribution in [0.5, 0.6) is 0 Å². The molecule has 101 heavy (non-hydrogen) atoms. The predicted octanol–water partition coefficient (Wildman–Crippen LogP) is 13.7. The highest BCUT2D eigenvalue weighted by molar-refractivity contribution is 7.20. The van der Waals surface area contributed by atoms with Crippen LogP contribution >= 0.6 is 0 Å². The third-order valence-corrected chi connectivity index (χ3v) is 24.7. The van der Waals surface area contributed by atoms with Crippen molar-refractivity contribution >= 4 is 140 Å². The van der Waals surface area contributed by atoms with Gasteiger partial charge in [-0.2, -0.15) is 29.9 Å². The second-order valence-electron chi connectivity index (χ2n) is 25.4. The third-order valence-electron chi connectivity index (χ3n) is 20.0. The summed E-state index contributed by atoms with van der Waals surface area (Å²) in [6.07, 6.45) is 0. The zero-order chi connectivity index (χ0) is 66.0. The van der Waals surface area contributed by atoms with Gasteiger partial charge in [-0.15, -0.1) is 0 Å². The van der Waals surface area contributed by atoms with Gasteiger partial charge >= 0.3 is 0 Å². The van der Waals surface area contributed by atoms with E-state index in [9.17, 15) is 0 Å². The topological polar surface area (TPSA) is 166 Å². The molecular weight excluding hydrogens is 1270 g/mol. The number of rotatable bonds is 10. The Morgan fingerprint density at radius 3 is 0.713 bits per heavy atom. The van der Waals surface area contributed by atoms with Crippen LogP contribution < -0.4 is 20.7 Å². The number of hydrogen-bond donors (Lipinski definition) is 0. The number of nitrogens with zero attached hydrogens (tertiary/aromatic N) is 18. The van der Waals surface area contributed by atoms with Crippen LogP contribution in [-0.2, 0) is 0 Å². The average molecular weight is 1320 g/mol. The lowest BCUT2D eigenvalue weighted by Crippen LogP contribution is -2.74. The van der Waals surface area contributed by atoms with Gasteiger partial charge in [0.1, 0.15) is 0 Å². The molecule has 0 saturated carbocycles. The molecule has 0 fully saturated rings. The van der Waals surface area contributed by atoms with Gasteiger partial charge in [-0.05, 0) is 118 Å². The van der Waals surface area contributed by atoms with Crippen LogP contribution in [0, 0.1) is 0 Å². The summed E-state index contributed by atoms with van der Waals surface area (Å²) < 4.78 is 17.0. The third kappa shape index (κ3) is 7.84. The van der Waals surface area contributed by atoms with Crippen LogP contribution in [0.15, 0.2) is 303 Å². The highest BCUT2D eigenvalue weighted by Crippen LogP contribution is 2.36. The van der Waals surface area contributed by atoms with Crippen molar-refractivity contribution in [2.24, 2.45) is 0 Å². The average Bonchev–Trinajstić information content (AvgIpc) is 1.60. The van der Waals surface area contributed by atoms with Crippen molar-refractivity contribution in [1.29, 1.82) is 0 Å². The van der Waals surface area contributed by atoms with Crippen molar-refractivity contribution in [3.63, 3.8) is 0 Å². The smallest absolute Gasteiger partial charge is 0.242 e. The molecule has 22 aromatic rings. The molecular formula is C82H50N18Si. The number of fused-ring (bicyclic) bond motifs is 20. The molecule has 0 saturated heterocycles. The van der Waals surface area contributed by atoms with Crippen LogP contribution in [0.2, 0.25) is 0 Å². The van der Waals surface area contributed by atoms with Crippen molar-refractivity contribution in [3.8, 4) is 46.6 Å². The summed E-state index contributed by atoms with van der Waals surface area (Å²) in [5, 5.41) is 4.50. The molecule has 0 bridgehead atoms. The predicted molar refractivity (Wildman–Crippen MR) is 400 cm³/mol. The van der Waals surface area contributed by atoms with Gasteiger partial charge in [-0.1, -0.05) is 206 Å². The van der Waals surface area contributed by atoms with Crippen molar-refractivity contribution in [3.05, 3.63) is 303 Å². The van der Waals surface area contributed by atoms with Crippen LogP contribution in [0.3, 0.4) is 0 Å². The molecule has 12 aromatic carbocycles. The summed E-state index contributed by atoms with van der Waals surface area (Å²) in [4.78, 5) is 54.8. The molecule has 10 aromatic heterocycles. The molecule has 0 aliphatic heterocycles. The van der Waals surface area contributed by atoms with Gasteiger partial charge < -0.3 is 0 Å². The zero-order valence-electron chi connectivity index (χ0n) is 53.4. The summed E-state index contributed by atoms with van der Waals surface area (Å²) in [6.45, 7) is 0. The maximum atomic E-state index is 5.61. The first kappa shape index (κ1) is 55.1. The van der Waals surface area contributed by atoms with E-state index in [1.165, 1.54) is 0 Å². The quantitative estimate of drug-likeness (QED) is 0.0950. The molecule has 0 radical (unpaired) electrons. The van der Waals surface area contributed by atoms with Gasteiger partial charge in [0.05, 0.1) is 88.3 Å². The van der Waals surface area contributed by atoms with Gasteiger partial charge in [0.15, 0.2) is 19.7 Å². The number of hydrogen-bond acceptors (Lipinski definition) is 10. The molecule has 0 N–H and O–H groups in total. The van der Waals surface area contributed by atoms with E-state index < -0.39 is 8.07 Å². The Morgan fingerprint density at radius 1 is 0.188 bits per heavy atom. The van der Waals surface area contributed by atoms with E-state index in [1.54, 1.807) is 0 Å². The Morgan fingerprint density at radius 2 is 0.426 bits per heavy atom. The minimum Gasteiger partial charge on any atom is -0.276 e. The summed E-state index contributed by atoms with van der Waals surface area (Å²) in [7, 11) is -3.48. The summed E-state index contributed by atoms with van der Waals surface area (Å²) in [5.41, 5.74) is 16.3. The SMILES string of the molecule is c1ccc([Si](c2ccccc2)(c2cccc(-c3nc(-n4c5ccccc5n5c6ccccc6nc45)nc(-n4c5ccccc5n5c6ccccc6nc45)n3)c2)c2cccc(-c3nc(-n4c5ccccc5n5c6ccccc6nc45)nc(-n4c5ccccc5n5c6ccccc6nc45)n3)c2)cc1. The van der Waals surface area contributed by atoms with Gasteiger partial charge in [-0.25, -0.2) is 38.2 Å². The Balaban J connectivity index is 0.795. The first-order valence-electron chi connectivity index (χ1n) is 33.4.